The van der Waals surface area contributed by atoms with Crippen molar-refractivity contribution in [2.24, 2.45) is 11.5 Å². The van der Waals surface area contributed by atoms with Crippen LogP contribution in [0.4, 0.5) is 0 Å². The third-order valence-electron chi connectivity index (χ3n) is 4.97. The number of fused-ring (bicyclic) bond motifs is 2. The van der Waals surface area contributed by atoms with Gasteiger partial charge in [0.1, 0.15) is 0 Å². The standard InChI is InChI=1S/C14H23N5.C9H9N/c15-4-7-19(11-16)8-6-17-10-12-1-2-13-3-5-18-14(13)9-12;1-7-2-3-8-4-5-10-9(8)6-7/h1-3,5,9,17-18H,4,6-8,10-11,15-16H2;2-6,10H,1H3. The van der Waals surface area contributed by atoms with Crippen molar-refractivity contribution in [3.8, 4) is 0 Å². The van der Waals surface area contributed by atoms with Crippen LogP contribution in [0.25, 0.3) is 21.8 Å². The fourth-order valence-corrected chi connectivity index (χ4v) is 3.31. The molecule has 0 bridgehead atoms. The van der Waals surface area contributed by atoms with Crippen LogP contribution in [0.3, 0.4) is 0 Å². The molecule has 0 atom stereocenters. The van der Waals surface area contributed by atoms with Gasteiger partial charge in [-0.25, -0.2) is 0 Å². The SMILES string of the molecule is Cc1ccc2cc[nH]c2c1.NCCN(CN)CCNCc1ccc2cc[nH]c2c1. The fraction of sp³-hybridized carbons (Fsp3) is 0.304. The quantitative estimate of drug-likeness (QED) is 0.235. The lowest BCUT2D eigenvalue weighted by atomic mass is 10.1. The van der Waals surface area contributed by atoms with Gasteiger partial charge in [0.25, 0.3) is 0 Å². The third-order valence-corrected chi connectivity index (χ3v) is 4.97. The number of nitrogens with zero attached hydrogens (tertiary/aromatic N) is 1. The molecule has 154 valence electrons. The summed E-state index contributed by atoms with van der Waals surface area (Å²) in [7, 11) is 0. The number of nitrogens with two attached hydrogens (primary N) is 2. The molecule has 0 fully saturated rings. The summed E-state index contributed by atoms with van der Waals surface area (Å²) in [6.07, 6.45) is 3.93. The zero-order valence-corrected chi connectivity index (χ0v) is 17.1. The van der Waals surface area contributed by atoms with E-state index in [0.29, 0.717) is 13.2 Å². The van der Waals surface area contributed by atoms with E-state index in [9.17, 15) is 0 Å². The van der Waals surface area contributed by atoms with Crippen molar-refractivity contribution in [1.29, 1.82) is 0 Å². The predicted octanol–water partition coefficient (Wildman–Crippen LogP) is 2.91. The van der Waals surface area contributed by atoms with E-state index in [-0.39, 0.29) is 0 Å². The van der Waals surface area contributed by atoms with Gasteiger partial charge in [0.15, 0.2) is 0 Å². The zero-order valence-electron chi connectivity index (χ0n) is 17.1. The Morgan fingerprint density at radius 2 is 1.55 bits per heavy atom. The van der Waals surface area contributed by atoms with Gasteiger partial charge < -0.3 is 26.8 Å². The largest absolute Gasteiger partial charge is 0.361 e. The minimum Gasteiger partial charge on any atom is -0.361 e. The smallest absolute Gasteiger partial charge is 0.0457 e. The summed E-state index contributed by atoms with van der Waals surface area (Å²) in [6, 6.07) is 17.0. The number of nitrogens with one attached hydrogen (secondary N) is 3. The Balaban J connectivity index is 0.000000200. The molecule has 6 heteroatoms. The lowest BCUT2D eigenvalue weighted by Gasteiger charge is -2.19. The number of benzene rings is 2. The van der Waals surface area contributed by atoms with Crippen molar-refractivity contribution in [3.63, 3.8) is 0 Å². The first kappa shape index (κ1) is 21.1. The topological polar surface area (TPSA) is 98.9 Å². The number of H-pyrrole nitrogens is 2. The molecule has 4 aromatic rings. The monoisotopic (exact) mass is 392 g/mol. The van der Waals surface area contributed by atoms with Crippen molar-refractivity contribution >= 4 is 21.8 Å². The van der Waals surface area contributed by atoms with Gasteiger partial charge in [-0.2, -0.15) is 0 Å². The first-order chi connectivity index (χ1) is 14.2. The Kier molecular flexibility index (Phi) is 7.84. The second-order valence-electron chi connectivity index (χ2n) is 7.23. The second-order valence-corrected chi connectivity index (χ2v) is 7.23. The number of aryl methyl sites for hydroxylation is 1. The maximum absolute atomic E-state index is 5.64. The zero-order chi connectivity index (χ0) is 20.5. The molecule has 2 aromatic carbocycles. The van der Waals surface area contributed by atoms with Gasteiger partial charge in [-0.05, 0) is 53.1 Å². The molecule has 29 heavy (non-hydrogen) atoms. The molecular weight excluding hydrogens is 360 g/mol. The maximum Gasteiger partial charge on any atom is 0.0457 e. The van der Waals surface area contributed by atoms with Crippen molar-refractivity contribution in [1.82, 2.24) is 20.2 Å². The molecule has 6 nitrogen and oxygen atoms in total. The van der Waals surface area contributed by atoms with E-state index in [2.05, 4.69) is 75.6 Å². The Bertz CT molecular complexity index is 1000. The minimum absolute atomic E-state index is 0.563. The van der Waals surface area contributed by atoms with E-state index in [1.54, 1.807) is 0 Å². The van der Waals surface area contributed by atoms with E-state index in [0.717, 1.165) is 26.2 Å². The van der Waals surface area contributed by atoms with Gasteiger partial charge in [0.2, 0.25) is 0 Å². The Labute approximate surface area is 172 Å². The number of hydrogen-bond donors (Lipinski definition) is 5. The first-order valence-corrected chi connectivity index (χ1v) is 10.1. The lowest BCUT2D eigenvalue weighted by molar-refractivity contribution is 0.288. The normalized spacial score (nSPS) is 11.2. The molecule has 0 spiro atoms. The Hall–Kier alpha value is -2.64. The average Bonchev–Trinajstić information content (AvgIpc) is 3.39. The molecular formula is C23H32N6. The van der Waals surface area contributed by atoms with Crippen molar-refractivity contribution in [3.05, 3.63) is 72.1 Å². The van der Waals surface area contributed by atoms with Gasteiger partial charge in [0.05, 0.1) is 0 Å². The maximum atomic E-state index is 5.64. The number of aromatic nitrogens is 2. The number of hydrogen-bond acceptors (Lipinski definition) is 4. The van der Waals surface area contributed by atoms with E-state index in [1.807, 2.05) is 12.4 Å². The molecule has 7 N–H and O–H groups in total. The van der Waals surface area contributed by atoms with Crippen LogP contribution in [-0.2, 0) is 6.54 Å². The summed E-state index contributed by atoms with van der Waals surface area (Å²) in [5.74, 6) is 0. The summed E-state index contributed by atoms with van der Waals surface area (Å²) in [5.41, 5.74) is 16.2. The van der Waals surface area contributed by atoms with Gasteiger partial charge in [-0.1, -0.05) is 24.3 Å². The molecule has 0 radical (unpaired) electrons. The molecule has 0 aliphatic rings. The number of rotatable bonds is 8. The summed E-state index contributed by atoms with van der Waals surface area (Å²) in [4.78, 5) is 8.53. The molecule has 2 aromatic heterocycles. The highest BCUT2D eigenvalue weighted by molar-refractivity contribution is 5.80. The van der Waals surface area contributed by atoms with Crippen LogP contribution in [0.5, 0.6) is 0 Å². The van der Waals surface area contributed by atoms with E-state index >= 15 is 0 Å². The van der Waals surface area contributed by atoms with Crippen molar-refractivity contribution < 1.29 is 0 Å². The highest BCUT2D eigenvalue weighted by Gasteiger charge is 2.01. The highest BCUT2D eigenvalue weighted by atomic mass is 15.2. The van der Waals surface area contributed by atoms with Gasteiger partial charge >= 0.3 is 0 Å². The van der Waals surface area contributed by atoms with Crippen LogP contribution in [-0.4, -0.2) is 47.7 Å². The van der Waals surface area contributed by atoms with Crippen LogP contribution in [0.2, 0.25) is 0 Å². The van der Waals surface area contributed by atoms with Crippen LogP contribution >= 0.6 is 0 Å². The molecule has 0 aliphatic heterocycles. The van der Waals surface area contributed by atoms with Crippen LogP contribution in [0, 0.1) is 6.92 Å². The molecule has 0 unspecified atom stereocenters. The summed E-state index contributed by atoms with van der Waals surface area (Å²) in [6.45, 7) is 6.88. The highest BCUT2D eigenvalue weighted by Crippen LogP contribution is 2.14. The Morgan fingerprint density at radius 3 is 2.24 bits per heavy atom. The van der Waals surface area contributed by atoms with Crippen LogP contribution < -0.4 is 16.8 Å². The van der Waals surface area contributed by atoms with Crippen molar-refractivity contribution in [2.45, 2.75) is 13.5 Å². The van der Waals surface area contributed by atoms with E-state index in [1.165, 1.54) is 32.9 Å². The molecule has 0 saturated heterocycles. The van der Waals surface area contributed by atoms with Gasteiger partial charge in [-0.3, -0.25) is 4.90 Å². The predicted molar refractivity (Wildman–Crippen MR) is 123 cm³/mol. The molecule has 2 heterocycles. The third kappa shape index (κ3) is 6.17. The first-order valence-electron chi connectivity index (χ1n) is 10.1. The summed E-state index contributed by atoms with van der Waals surface area (Å²) < 4.78 is 0. The van der Waals surface area contributed by atoms with Gasteiger partial charge in [-0.15, -0.1) is 0 Å². The van der Waals surface area contributed by atoms with E-state index in [4.69, 9.17) is 11.5 Å². The molecule has 0 saturated carbocycles. The molecule has 0 aliphatic carbocycles. The fourth-order valence-electron chi connectivity index (χ4n) is 3.31. The van der Waals surface area contributed by atoms with Crippen molar-refractivity contribution in [2.75, 3.05) is 32.8 Å². The summed E-state index contributed by atoms with van der Waals surface area (Å²) >= 11 is 0. The van der Waals surface area contributed by atoms with E-state index < -0.39 is 0 Å². The van der Waals surface area contributed by atoms with Gasteiger partial charge in [0, 0.05) is 62.8 Å². The lowest BCUT2D eigenvalue weighted by Crippen LogP contribution is -2.39. The Morgan fingerprint density at radius 1 is 0.862 bits per heavy atom. The molecule has 0 amide bonds. The second kappa shape index (κ2) is 10.8. The van der Waals surface area contributed by atoms with Crippen LogP contribution in [0.1, 0.15) is 11.1 Å². The minimum atomic E-state index is 0.563. The number of aromatic amines is 2. The van der Waals surface area contributed by atoms with Crippen LogP contribution in [0.15, 0.2) is 60.9 Å². The average molecular weight is 393 g/mol. The summed E-state index contributed by atoms with van der Waals surface area (Å²) in [5, 5.41) is 5.96. The molecule has 4 rings (SSSR count).